The molecule has 1 aliphatic carbocycles. The van der Waals surface area contributed by atoms with Gasteiger partial charge in [-0.2, -0.15) is 4.98 Å². The van der Waals surface area contributed by atoms with Gasteiger partial charge < -0.3 is 14.7 Å². The van der Waals surface area contributed by atoms with Crippen LogP contribution in [0.2, 0.25) is 5.02 Å². The largest absolute Gasteiger partial charge is 0.369 e. The van der Waals surface area contributed by atoms with E-state index in [0.717, 1.165) is 49.1 Å². The molecule has 8 rings (SSSR count). The summed E-state index contributed by atoms with van der Waals surface area (Å²) in [6.07, 6.45) is 10.2. The molecule has 4 aliphatic rings. The summed E-state index contributed by atoms with van der Waals surface area (Å²) in [6.45, 7) is 16.9. The molecule has 3 aromatic carbocycles. The Balaban J connectivity index is 0.000000205. The molecule has 2 amide bonds. The third kappa shape index (κ3) is 9.95. The highest BCUT2D eigenvalue weighted by Crippen LogP contribution is 2.45. The van der Waals surface area contributed by atoms with Crippen molar-refractivity contribution in [2.45, 2.75) is 110 Å². The molecule has 12 heteroatoms. The van der Waals surface area contributed by atoms with Crippen molar-refractivity contribution in [2.24, 2.45) is 5.92 Å². The Labute approximate surface area is 359 Å². The average molecular weight is 846 g/mol. The third-order valence-electron chi connectivity index (χ3n) is 13.1. The number of amides is 2. The van der Waals surface area contributed by atoms with Crippen LogP contribution >= 0.6 is 11.6 Å². The van der Waals surface area contributed by atoms with E-state index in [4.69, 9.17) is 11.6 Å². The van der Waals surface area contributed by atoms with Gasteiger partial charge >= 0.3 is 0 Å². The van der Waals surface area contributed by atoms with E-state index in [1.54, 1.807) is 13.0 Å². The van der Waals surface area contributed by atoms with Crippen LogP contribution in [0.3, 0.4) is 0 Å². The van der Waals surface area contributed by atoms with E-state index in [0.29, 0.717) is 28.4 Å². The monoisotopic (exact) mass is 844 g/mol. The van der Waals surface area contributed by atoms with Crippen molar-refractivity contribution in [2.75, 3.05) is 57.8 Å². The minimum absolute atomic E-state index is 0.00761. The second-order valence-corrected chi connectivity index (χ2v) is 17.8. The van der Waals surface area contributed by atoms with Gasteiger partial charge in [0.05, 0.1) is 27.0 Å². The number of nitrogens with one attached hydrogen (secondary N) is 1. The maximum Gasteiger partial charge on any atom is 0.282 e. The molecule has 3 aliphatic heterocycles. The number of carbonyl (C=O) groups excluding carboxylic acids is 2. The summed E-state index contributed by atoms with van der Waals surface area (Å²) in [6, 6.07) is 15.4. The summed E-state index contributed by atoms with van der Waals surface area (Å²) >= 11 is 6.44. The van der Waals surface area contributed by atoms with Crippen LogP contribution in [0.1, 0.15) is 127 Å². The molecule has 1 unspecified atom stereocenters. The summed E-state index contributed by atoms with van der Waals surface area (Å²) in [7, 11) is 2.02. The first-order valence-electron chi connectivity index (χ1n) is 22.1. The second kappa shape index (κ2) is 20.1. The summed E-state index contributed by atoms with van der Waals surface area (Å²) in [5, 5.41) is 3.00. The van der Waals surface area contributed by atoms with Gasteiger partial charge in [-0.15, -0.1) is 0 Å². The second-order valence-electron chi connectivity index (χ2n) is 17.4. The van der Waals surface area contributed by atoms with E-state index in [1.165, 1.54) is 87.8 Å². The standard InChI is InChI=1S/C29H34ClN3O.C17H23F2N3O2.C2H6/c1-29(2)22-12-11-21(20-13-15-32(16-14-20)18-19-7-4-3-5-8-19)17-25(22)33-24-10-6-9-23(30)26(24)27(34)31-28(29)33;1-12(3-4-16(24)20-11-23)17-14(18)9-13(10-15(17)19)22-7-5-21(2)6-8-22;1-2/h6,9-12,17,19-20H,3-5,7-8,13-16,18H2,1-2H3;9-12H,3-8H2,1-2H3,(H,20,23,24);1-2H3. The van der Waals surface area contributed by atoms with Crippen LogP contribution in [-0.2, 0) is 15.0 Å². The normalized spacial score (nSPS) is 18.7. The molecule has 4 heterocycles. The predicted octanol–water partition coefficient (Wildman–Crippen LogP) is 9.34. The summed E-state index contributed by atoms with van der Waals surface area (Å²) in [5.74, 6) is 0.220. The Hall–Kier alpha value is -4.19. The van der Waals surface area contributed by atoms with Crippen LogP contribution < -0.4 is 15.8 Å². The van der Waals surface area contributed by atoms with E-state index in [-0.39, 0.29) is 29.4 Å². The fourth-order valence-corrected chi connectivity index (χ4v) is 9.88. The van der Waals surface area contributed by atoms with E-state index < -0.39 is 23.5 Å². The average Bonchev–Trinajstić information content (AvgIpc) is 3.46. The number of aromatic nitrogens is 2. The van der Waals surface area contributed by atoms with Gasteiger partial charge in [0.15, 0.2) is 0 Å². The molecule has 1 aromatic heterocycles. The van der Waals surface area contributed by atoms with Crippen molar-refractivity contribution in [3.8, 4) is 5.69 Å². The first kappa shape index (κ1) is 45.3. The lowest BCUT2D eigenvalue weighted by molar-refractivity contribution is -0.125. The fourth-order valence-electron chi connectivity index (χ4n) is 9.63. The molecule has 4 aromatic rings. The molecule has 0 radical (unpaired) electrons. The van der Waals surface area contributed by atoms with Gasteiger partial charge in [0, 0.05) is 50.4 Å². The number of rotatable bonds is 9. The highest BCUT2D eigenvalue weighted by Gasteiger charge is 2.39. The lowest BCUT2D eigenvalue weighted by Crippen LogP contribution is -2.44. The van der Waals surface area contributed by atoms with Gasteiger partial charge in [0.1, 0.15) is 17.5 Å². The van der Waals surface area contributed by atoms with Crippen molar-refractivity contribution in [3.63, 3.8) is 0 Å². The van der Waals surface area contributed by atoms with Gasteiger partial charge in [0.2, 0.25) is 12.3 Å². The zero-order chi connectivity index (χ0) is 43.1. The van der Waals surface area contributed by atoms with E-state index in [1.807, 2.05) is 43.2 Å². The number of anilines is 1. The number of piperazine rings is 1. The number of hydrogen-bond donors (Lipinski definition) is 1. The fraction of sp³-hybridized carbons (Fsp3) is 0.542. The number of hydrogen-bond acceptors (Lipinski definition) is 7. The SMILES string of the molecule is CC.CC(CCC(=O)NC=O)c1c(F)cc(N2CCN(C)CC2)cc1F.CC1(C)c2ccc(C3CCN(CC4CCCCC4)CC3)cc2-n2c1nc(=O)c1c(Cl)cccc12. The van der Waals surface area contributed by atoms with Gasteiger partial charge in [-0.05, 0) is 125 Å². The quantitative estimate of drug-likeness (QED) is 0.168. The minimum atomic E-state index is -0.591. The summed E-state index contributed by atoms with van der Waals surface area (Å²) < 4.78 is 31.0. The Morgan fingerprint density at radius 2 is 1.62 bits per heavy atom. The van der Waals surface area contributed by atoms with Crippen LogP contribution in [0, 0.1) is 17.6 Å². The Kier molecular flexibility index (Phi) is 15.2. The lowest BCUT2D eigenvalue weighted by atomic mass is 9.82. The van der Waals surface area contributed by atoms with E-state index in [9.17, 15) is 23.2 Å². The molecule has 60 heavy (non-hydrogen) atoms. The van der Waals surface area contributed by atoms with Crippen LogP contribution in [0.25, 0.3) is 16.6 Å². The van der Waals surface area contributed by atoms with Gasteiger partial charge in [-0.3, -0.25) is 24.3 Å². The molecule has 9 nitrogen and oxygen atoms in total. The number of halogens is 3. The van der Waals surface area contributed by atoms with Crippen molar-refractivity contribution in [1.29, 1.82) is 0 Å². The number of benzene rings is 3. The zero-order valence-corrected chi connectivity index (χ0v) is 37.1. The van der Waals surface area contributed by atoms with E-state index >= 15 is 0 Å². The maximum absolute atomic E-state index is 14.4. The van der Waals surface area contributed by atoms with Crippen molar-refractivity contribution >= 4 is 40.5 Å². The zero-order valence-electron chi connectivity index (χ0n) is 36.3. The molecule has 0 bridgehead atoms. The smallest absolute Gasteiger partial charge is 0.282 e. The Morgan fingerprint density at radius 1 is 0.950 bits per heavy atom. The van der Waals surface area contributed by atoms with Crippen LogP contribution in [-0.4, -0.2) is 84.5 Å². The number of piperidine rings is 1. The molecule has 1 N–H and O–H groups in total. The summed E-state index contributed by atoms with van der Waals surface area (Å²) in [5.41, 5.74) is 4.62. The molecule has 324 valence electrons. The predicted molar refractivity (Wildman–Crippen MR) is 239 cm³/mol. The molecule has 3 fully saturated rings. The first-order chi connectivity index (χ1) is 28.8. The molecule has 1 atom stereocenters. The first-order valence-corrected chi connectivity index (χ1v) is 22.5. The van der Waals surface area contributed by atoms with Gasteiger partial charge in [-0.1, -0.05) is 69.8 Å². The third-order valence-corrected chi connectivity index (χ3v) is 13.4. The lowest BCUT2D eigenvalue weighted by Gasteiger charge is -2.35. The molecular formula is C48H63ClF2N6O3. The van der Waals surface area contributed by atoms with Gasteiger partial charge in [0.25, 0.3) is 5.56 Å². The Bertz CT molecular complexity index is 2170. The van der Waals surface area contributed by atoms with Crippen molar-refractivity contribution in [1.82, 2.24) is 24.7 Å². The number of likely N-dealkylation sites (tertiary alicyclic amines) is 1. The maximum atomic E-state index is 14.4. The van der Waals surface area contributed by atoms with Crippen LogP contribution in [0.5, 0.6) is 0 Å². The van der Waals surface area contributed by atoms with Gasteiger partial charge in [-0.25, -0.2) is 8.78 Å². The number of carbonyl (C=O) groups is 2. The highest BCUT2D eigenvalue weighted by atomic mass is 35.5. The molecule has 1 saturated carbocycles. The number of imide groups is 1. The highest BCUT2D eigenvalue weighted by molar-refractivity contribution is 6.35. The molecular weight excluding hydrogens is 782 g/mol. The number of nitrogens with zero attached hydrogens (tertiary/aromatic N) is 5. The topological polar surface area (TPSA) is 90.8 Å². The van der Waals surface area contributed by atoms with Crippen LogP contribution in [0.4, 0.5) is 14.5 Å². The number of fused-ring (bicyclic) bond motifs is 5. The minimum Gasteiger partial charge on any atom is -0.369 e. The van der Waals surface area contributed by atoms with E-state index in [2.05, 4.69) is 51.4 Å². The van der Waals surface area contributed by atoms with Crippen LogP contribution in [0.15, 0.2) is 53.3 Å². The molecule has 2 saturated heterocycles. The number of likely N-dealkylation sites (N-methyl/N-ethyl adjacent to an activating group) is 1. The van der Waals surface area contributed by atoms with Crippen molar-refractivity contribution < 1.29 is 18.4 Å². The van der Waals surface area contributed by atoms with Crippen molar-refractivity contribution in [3.05, 3.63) is 98.1 Å². The Morgan fingerprint density at radius 3 is 2.27 bits per heavy atom. The molecule has 0 spiro atoms. The summed E-state index contributed by atoms with van der Waals surface area (Å²) in [4.78, 5) is 45.7.